The second kappa shape index (κ2) is 5.81. The molecular weight excluding hydrogens is 234 g/mol. The molecule has 19 heavy (non-hydrogen) atoms. The zero-order valence-electron chi connectivity index (χ0n) is 11.7. The summed E-state index contributed by atoms with van der Waals surface area (Å²) in [5.74, 6) is 0.103. The van der Waals surface area contributed by atoms with Gasteiger partial charge in [0, 0.05) is 12.1 Å². The van der Waals surface area contributed by atoms with Gasteiger partial charge in [-0.25, -0.2) is 0 Å². The molecule has 0 aromatic heterocycles. The smallest absolute Gasteiger partial charge is 0.159 e. The summed E-state index contributed by atoms with van der Waals surface area (Å²) in [7, 11) is 4.12. The highest BCUT2D eigenvalue weighted by Crippen LogP contribution is 2.22. The molecule has 0 spiro atoms. The Labute approximate surface area is 114 Å². The van der Waals surface area contributed by atoms with E-state index in [0.29, 0.717) is 0 Å². The van der Waals surface area contributed by atoms with E-state index < -0.39 is 0 Å². The summed E-state index contributed by atoms with van der Waals surface area (Å²) in [6, 6.07) is 16.2. The van der Waals surface area contributed by atoms with Crippen molar-refractivity contribution < 1.29 is 4.79 Å². The first kappa shape index (κ1) is 13.5. The van der Waals surface area contributed by atoms with Gasteiger partial charge < -0.3 is 4.90 Å². The van der Waals surface area contributed by atoms with Crippen molar-refractivity contribution in [2.45, 2.75) is 13.5 Å². The van der Waals surface area contributed by atoms with Crippen LogP contribution >= 0.6 is 0 Å². The Hall–Kier alpha value is -1.93. The third-order valence-corrected chi connectivity index (χ3v) is 3.03. The van der Waals surface area contributed by atoms with Crippen LogP contribution in [0.5, 0.6) is 0 Å². The van der Waals surface area contributed by atoms with E-state index in [9.17, 15) is 4.79 Å². The normalized spacial score (nSPS) is 10.7. The van der Waals surface area contributed by atoms with Gasteiger partial charge in [0.15, 0.2) is 5.78 Å². The molecule has 2 aromatic carbocycles. The van der Waals surface area contributed by atoms with Crippen molar-refractivity contribution in [2.24, 2.45) is 0 Å². The van der Waals surface area contributed by atoms with Crippen molar-refractivity contribution >= 4 is 5.78 Å². The molecule has 2 rings (SSSR count). The number of carbonyl (C=O) groups is 1. The summed E-state index contributed by atoms with van der Waals surface area (Å²) in [5.41, 5.74) is 4.28. The monoisotopic (exact) mass is 253 g/mol. The van der Waals surface area contributed by atoms with Gasteiger partial charge in [-0.15, -0.1) is 0 Å². The molecular formula is C17H19NO. The number of hydrogen-bond donors (Lipinski definition) is 0. The molecule has 0 N–H and O–H groups in total. The van der Waals surface area contributed by atoms with Crippen molar-refractivity contribution in [3.8, 4) is 11.1 Å². The third-order valence-electron chi connectivity index (χ3n) is 3.03. The van der Waals surface area contributed by atoms with Crippen LogP contribution in [0.4, 0.5) is 0 Å². The van der Waals surface area contributed by atoms with Crippen LogP contribution in [0.2, 0.25) is 0 Å². The lowest BCUT2D eigenvalue weighted by atomic mass is 10.00. The second-order valence-electron chi connectivity index (χ2n) is 5.08. The first-order chi connectivity index (χ1) is 9.06. The number of benzene rings is 2. The summed E-state index contributed by atoms with van der Waals surface area (Å²) in [5, 5.41) is 0. The molecule has 0 heterocycles. The zero-order chi connectivity index (χ0) is 13.8. The maximum atomic E-state index is 11.4. The number of carbonyl (C=O) groups excluding carboxylic acids is 1. The topological polar surface area (TPSA) is 20.3 Å². The molecule has 0 aliphatic rings. The van der Waals surface area contributed by atoms with Crippen molar-refractivity contribution in [1.29, 1.82) is 0 Å². The van der Waals surface area contributed by atoms with Crippen LogP contribution in [0.25, 0.3) is 11.1 Å². The third kappa shape index (κ3) is 3.52. The van der Waals surface area contributed by atoms with E-state index in [1.165, 1.54) is 5.56 Å². The summed E-state index contributed by atoms with van der Waals surface area (Å²) in [6.07, 6.45) is 0. The summed E-state index contributed by atoms with van der Waals surface area (Å²) in [4.78, 5) is 13.6. The average Bonchev–Trinajstić information content (AvgIpc) is 2.38. The maximum Gasteiger partial charge on any atom is 0.159 e. The van der Waals surface area contributed by atoms with E-state index in [1.807, 2.05) is 24.3 Å². The Balaban J connectivity index is 2.36. The van der Waals surface area contributed by atoms with Gasteiger partial charge >= 0.3 is 0 Å². The molecule has 0 aliphatic heterocycles. The highest BCUT2D eigenvalue weighted by molar-refractivity contribution is 5.95. The highest BCUT2D eigenvalue weighted by Gasteiger charge is 2.04. The summed E-state index contributed by atoms with van der Waals surface area (Å²) >= 11 is 0. The van der Waals surface area contributed by atoms with Crippen LogP contribution in [-0.4, -0.2) is 24.8 Å². The predicted molar refractivity (Wildman–Crippen MR) is 79.3 cm³/mol. The van der Waals surface area contributed by atoms with Gasteiger partial charge in [0.05, 0.1) is 0 Å². The van der Waals surface area contributed by atoms with Gasteiger partial charge in [0.2, 0.25) is 0 Å². The molecule has 2 aromatic rings. The largest absolute Gasteiger partial charge is 0.305 e. The first-order valence-electron chi connectivity index (χ1n) is 6.41. The standard InChI is InChI=1S/C17H19NO/c1-13(19)15-7-5-9-17(11-15)16-8-4-6-14(10-16)12-18(2)3/h4-11H,12H2,1-3H3. The molecule has 0 bridgehead atoms. The summed E-state index contributed by atoms with van der Waals surface area (Å²) in [6.45, 7) is 2.52. The molecule has 0 unspecified atom stereocenters. The molecule has 98 valence electrons. The van der Waals surface area contributed by atoms with Crippen LogP contribution in [0.15, 0.2) is 48.5 Å². The lowest BCUT2D eigenvalue weighted by Crippen LogP contribution is -2.10. The number of hydrogen-bond acceptors (Lipinski definition) is 2. The Bertz CT molecular complexity index is 587. The molecule has 0 atom stereocenters. The average molecular weight is 253 g/mol. The fraction of sp³-hybridized carbons (Fsp3) is 0.235. The second-order valence-corrected chi connectivity index (χ2v) is 5.08. The molecule has 2 nitrogen and oxygen atoms in total. The number of ketones is 1. The van der Waals surface area contributed by atoms with Crippen LogP contribution < -0.4 is 0 Å². The zero-order valence-corrected chi connectivity index (χ0v) is 11.7. The van der Waals surface area contributed by atoms with Crippen LogP contribution in [-0.2, 0) is 6.54 Å². The Kier molecular flexibility index (Phi) is 4.13. The summed E-state index contributed by atoms with van der Waals surface area (Å²) < 4.78 is 0. The van der Waals surface area contributed by atoms with Crippen molar-refractivity contribution in [2.75, 3.05) is 14.1 Å². The van der Waals surface area contributed by atoms with Gasteiger partial charge in [0.25, 0.3) is 0 Å². The van der Waals surface area contributed by atoms with Crippen LogP contribution in [0.1, 0.15) is 22.8 Å². The molecule has 0 saturated heterocycles. The molecule has 0 amide bonds. The molecule has 0 fully saturated rings. The Morgan fingerprint density at radius 1 is 1.00 bits per heavy atom. The van der Waals surface area contributed by atoms with Crippen LogP contribution in [0, 0.1) is 0 Å². The quantitative estimate of drug-likeness (QED) is 0.776. The number of nitrogens with zero attached hydrogens (tertiary/aromatic N) is 1. The lowest BCUT2D eigenvalue weighted by molar-refractivity contribution is 0.101. The van der Waals surface area contributed by atoms with Crippen LogP contribution in [0.3, 0.4) is 0 Å². The van der Waals surface area contributed by atoms with Gasteiger partial charge in [-0.1, -0.05) is 36.4 Å². The van der Waals surface area contributed by atoms with Gasteiger partial charge in [-0.05, 0) is 49.8 Å². The van der Waals surface area contributed by atoms with E-state index in [-0.39, 0.29) is 5.78 Å². The SMILES string of the molecule is CC(=O)c1cccc(-c2cccc(CN(C)C)c2)c1. The minimum Gasteiger partial charge on any atom is -0.305 e. The van der Waals surface area contributed by atoms with Crippen molar-refractivity contribution in [3.05, 3.63) is 59.7 Å². The van der Waals surface area contributed by atoms with E-state index in [4.69, 9.17) is 0 Å². The fourth-order valence-electron chi connectivity index (χ4n) is 2.13. The molecule has 0 aliphatic carbocycles. The van der Waals surface area contributed by atoms with Crippen molar-refractivity contribution in [1.82, 2.24) is 4.90 Å². The van der Waals surface area contributed by atoms with E-state index in [2.05, 4.69) is 43.3 Å². The Morgan fingerprint density at radius 2 is 1.63 bits per heavy atom. The number of Topliss-reactive ketones (excluding diaryl/α,β-unsaturated/α-hetero) is 1. The first-order valence-corrected chi connectivity index (χ1v) is 6.41. The lowest BCUT2D eigenvalue weighted by Gasteiger charge is -2.11. The minimum atomic E-state index is 0.103. The number of rotatable bonds is 4. The Morgan fingerprint density at radius 3 is 2.26 bits per heavy atom. The highest BCUT2D eigenvalue weighted by atomic mass is 16.1. The molecule has 0 radical (unpaired) electrons. The van der Waals surface area contributed by atoms with E-state index in [1.54, 1.807) is 6.92 Å². The van der Waals surface area contributed by atoms with Gasteiger partial charge in [-0.3, -0.25) is 4.79 Å². The molecule has 2 heteroatoms. The van der Waals surface area contributed by atoms with Gasteiger partial charge in [-0.2, -0.15) is 0 Å². The maximum absolute atomic E-state index is 11.4. The van der Waals surface area contributed by atoms with E-state index in [0.717, 1.165) is 23.2 Å². The van der Waals surface area contributed by atoms with Gasteiger partial charge in [0.1, 0.15) is 0 Å². The minimum absolute atomic E-state index is 0.103. The molecule has 0 saturated carbocycles. The van der Waals surface area contributed by atoms with Crippen molar-refractivity contribution in [3.63, 3.8) is 0 Å². The van der Waals surface area contributed by atoms with E-state index >= 15 is 0 Å². The predicted octanol–water partition coefficient (Wildman–Crippen LogP) is 3.62. The fourth-order valence-corrected chi connectivity index (χ4v) is 2.13.